The van der Waals surface area contributed by atoms with Crippen LogP contribution in [0.2, 0.25) is 0 Å². The first-order chi connectivity index (χ1) is 5.61. The quantitative estimate of drug-likeness (QED) is 0.644. The first-order valence-electron chi connectivity index (χ1n) is 3.78. The molecular formula is C8H14N4. The van der Waals surface area contributed by atoms with Gasteiger partial charge in [0, 0.05) is 34.3 Å². The Hall–Kier alpha value is -1.32. The average Bonchev–Trinajstić information content (AvgIpc) is 2.04. The molecule has 0 saturated heterocycles. The van der Waals surface area contributed by atoms with Gasteiger partial charge in [-0.05, 0) is 0 Å². The van der Waals surface area contributed by atoms with Crippen molar-refractivity contribution in [2.24, 2.45) is 0 Å². The Kier molecular flexibility index (Phi) is 2.47. The zero-order valence-electron chi connectivity index (χ0n) is 7.94. The fourth-order valence-corrected chi connectivity index (χ4v) is 0.809. The summed E-state index contributed by atoms with van der Waals surface area (Å²) in [6.45, 7) is 0. The van der Waals surface area contributed by atoms with Crippen LogP contribution in [-0.2, 0) is 0 Å². The Morgan fingerprint density at radius 3 is 2.25 bits per heavy atom. The normalized spacial score (nSPS) is 9.67. The molecule has 4 nitrogen and oxygen atoms in total. The number of hydrogen-bond acceptors (Lipinski definition) is 4. The lowest BCUT2D eigenvalue weighted by atomic mass is 10.4. The third-order valence-corrected chi connectivity index (χ3v) is 1.60. The Morgan fingerprint density at radius 1 is 1.08 bits per heavy atom. The van der Waals surface area contributed by atoms with Crippen molar-refractivity contribution in [2.75, 3.05) is 38.0 Å². The Bertz CT molecular complexity index is 234. The predicted octanol–water partition coefficient (Wildman–Crippen LogP) is 0.609. The molecule has 0 atom stereocenters. The fraction of sp³-hybridized carbons (Fsp3) is 0.500. The molecule has 0 amide bonds. The van der Waals surface area contributed by atoms with Crippen molar-refractivity contribution >= 4 is 11.5 Å². The minimum absolute atomic E-state index is 0.876. The van der Waals surface area contributed by atoms with E-state index in [0.29, 0.717) is 0 Å². The first-order valence-corrected chi connectivity index (χ1v) is 3.78. The maximum Gasteiger partial charge on any atom is 0.152 e. The van der Waals surface area contributed by atoms with E-state index in [1.807, 2.05) is 44.1 Å². The van der Waals surface area contributed by atoms with E-state index >= 15 is 0 Å². The highest BCUT2D eigenvalue weighted by atomic mass is 15.2. The molecular weight excluding hydrogens is 152 g/mol. The van der Waals surface area contributed by atoms with Crippen LogP contribution < -0.4 is 9.80 Å². The predicted molar refractivity (Wildman–Crippen MR) is 50.7 cm³/mol. The topological polar surface area (TPSA) is 32.3 Å². The van der Waals surface area contributed by atoms with Gasteiger partial charge in [-0.15, -0.1) is 5.10 Å². The van der Waals surface area contributed by atoms with Gasteiger partial charge >= 0.3 is 0 Å². The number of anilines is 2. The summed E-state index contributed by atoms with van der Waals surface area (Å²) in [6.07, 6.45) is 1.74. The van der Waals surface area contributed by atoms with Gasteiger partial charge in [0.15, 0.2) is 5.82 Å². The van der Waals surface area contributed by atoms with E-state index in [0.717, 1.165) is 11.5 Å². The lowest BCUT2D eigenvalue weighted by Crippen LogP contribution is -2.14. The van der Waals surface area contributed by atoms with E-state index in [4.69, 9.17) is 0 Å². The Balaban J connectivity index is 2.96. The number of aromatic nitrogens is 2. The molecule has 0 radical (unpaired) electrons. The minimum atomic E-state index is 0.876. The van der Waals surface area contributed by atoms with Crippen molar-refractivity contribution in [3.63, 3.8) is 0 Å². The van der Waals surface area contributed by atoms with Crippen LogP contribution in [-0.4, -0.2) is 38.4 Å². The summed E-state index contributed by atoms with van der Waals surface area (Å²) in [6, 6.07) is 1.99. The van der Waals surface area contributed by atoms with Crippen molar-refractivity contribution < 1.29 is 0 Å². The van der Waals surface area contributed by atoms with Crippen molar-refractivity contribution in [1.29, 1.82) is 0 Å². The van der Waals surface area contributed by atoms with E-state index < -0.39 is 0 Å². The fourth-order valence-electron chi connectivity index (χ4n) is 0.809. The van der Waals surface area contributed by atoms with Gasteiger partial charge in [-0.25, -0.2) is 0 Å². The molecule has 66 valence electrons. The SMILES string of the molecule is CN(C)c1cnnc(N(C)C)c1. The second kappa shape index (κ2) is 3.38. The zero-order chi connectivity index (χ0) is 9.14. The van der Waals surface area contributed by atoms with Crippen LogP contribution >= 0.6 is 0 Å². The van der Waals surface area contributed by atoms with E-state index in [1.54, 1.807) is 6.20 Å². The molecule has 1 aromatic rings. The van der Waals surface area contributed by atoms with Crippen LogP contribution in [0.1, 0.15) is 0 Å². The molecule has 12 heavy (non-hydrogen) atoms. The van der Waals surface area contributed by atoms with E-state index in [1.165, 1.54) is 0 Å². The van der Waals surface area contributed by atoms with Crippen LogP contribution in [0.3, 0.4) is 0 Å². The molecule has 1 heterocycles. The highest BCUT2D eigenvalue weighted by Gasteiger charge is 2.00. The summed E-state index contributed by atoms with van der Waals surface area (Å²) >= 11 is 0. The Labute approximate surface area is 72.8 Å². The van der Waals surface area contributed by atoms with E-state index in [9.17, 15) is 0 Å². The van der Waals surface area contributed by atoms with Gasteiger partial charge in [0.05, 0.1) is 11.9 Å². The van der Waals surface area contributed by atoms with Crippen LogP contribution in [0.15, 0.2) is 12.3 Å². The Morgan fingerprint density at radius 2 is 1.75 bits per heavy atom. The second-order valence-corrected chi connectivity index (χ2v) is 3.06. The van der Waals surface area contributed by atoms with Crippen molar-refractivity contribution in [3.8, 4) is 0 Å². The lowest BCUT2D eigenvalue weighted by Gasteiger charge is -2.15. The highest BCUT2D eigenvalue weighted by Crippen LogP contribution is 2.14. The van der Waals surface area contributed by atoms with Crippen LogP contribution in [0.25, 0.3) is 0 Å². The molecule has 1 rings (SSSR count). The smallest absolute Gasteiger partial charge is 0.152 e. The van der Waals surface area contributed by atoms with Gasteiger partial charge in [-0.2, -0.15) is 5.10 Å². The van der Waals surface area contributed by atoms with Gasteiger partial charge < -0.3 is 9.80 Å². The molecule has 0 spiro atoms. The standard InChI is InChI=1S/C8H14N4/c1-11(2)7-5-8(12(3)4)10-9-6-7/h5-6H,1-4H3. The largest absolute Gasteiger partial charge is 0.376 e. The van der Waals surface area contributed by atoms with Crippen molar-refractivity contribution in [3.05, 3.63) is 12.3 Å². The van der Waals surface area contributed by atoms with Crippen molar-refractivity contribution in [2.45, 2.75) is 0 Å². The molecule has 0 saturated carbocycles. The maximum atomic E-state index is 3.97. The van der Waals surface area contributed by atoms with Crippen LogP contribution in [0.5, 0.6) is 0 Å². The van der Waals surface area contributed by atoms with Gasteiger partial charge in [0.2, 0.25) is 0 Å². The van der Waals surface area contributed by atoms with Gasteiger partial charge in [0.25, 0.3) is 0 Å². The zero-order valence-corrected chi connectivity index (χ0v) is 7.94. The molecule has 0 aliphatic carbocycles. The second-order valence-electron chi connectivity index (χ2n) is 3.06. The molecule has 0 aliphatic rings. The summed E-state index contributed by atoms with van der Waals surface area (Å²) in [5.74, 6) is 0.876. The van der Waals surface area contributed by atoms with E-state index in [2.05, 4.69) is 10.2 Å². The summed E-state index contributed by atoms with van der Waals surface area (Å²) in [5.41, 5.74) is 1.06. The first kappa shape index (κ1) is 8.77. The average molecular weight is 166 g/mol. The molecule has 0 aliphatic heterocycles. The summed E-state index contributed by atoms with van der Waals surface area (Å²) in [5, 5.41) is 7.86. The van der Waals surface area contributed by atoms with E-state index in [-0.39, 0.29) is 0 Å². The van der Waals surface area contributed by atoms with Crippen LogP contribution in [0, 0.1) is 0 Å². The monoisotopic (exact) mass is 166 g/mol. The molecule has 1 aromatic heterocycles. The van der Waals surface area contributed by atoms with Crippen molar-refractivity contribution in [1.82, 2.24) is 10.2 Å². The summed E-state index contributed by atoms with van der Waals surface area (Å²) in [4.78, 5) is 3.93. The lowest BCUT2D eigenvalue weighted by molar-refractivity contribution is 0.951. The van der Waals surface area contributed by atoms with Gasteiger partial charge in [0.1, 0.15) is 0 Å². The highest BCUT2D eigenvalue weighted by molar-refractivity contribution is 5.51. The number of nitrogens with zero attached hydrogens (tertiary/aromatic N) is 4. The molecule has 0 fully saturated rings. The number of rotatable bonds is 2. The number of hydrogen-bond donors (Lipinski definition) is 0. The van der Waals surface area contributed by atoms with Crippen LogP contribution in [0.4, 0.5) is 11.5 Å². The molecule has 0 N–H and O–H groups in total. The maximum absolute atomic E-state index is 3.97. The minimum Gasteiger partial charge on any atom is -0.376 e. The summed E-state index contributed by atoms with van der Waals surface area (Å²) < 4.78 is 0. The molecule has 0 aromatic carbocycles. The van der Waals surface area contributed by atoms with Gasteiger partial charge in [-0.3, -0.25) is 0 Å². The van der Waals surface area contributed by atoms with Gasteiger partial charge in [-0.1, -0.05) is 0 Å². The molecule has 0 unspecified atom stereocenters. The summed E-state index contributed by atoms with van der Waals surface area (Å²) in [7, 11) is 7.86. The third-order valence-electron chi connectivity index (χ3n) is 1.60. The third kappa shape index (κ3) is 1.84. The molecule has 0 bridgehead atoms. The molecule has 4 heteroatoms.